The maximum absolute atomic E-state index is 12.1. The van der Waals surface area contributed by atoms with Gasteiger partial charge in [0.15, 0.2) is 5.75 Å². The smallest absolute Gasteiger partial charge is 0.379 e. The average Bonchev–Trinajstić information content (AvgIpc) is 3.25. The first-order valence-corrected chi connectivity index (χ1v) is 7.39. The van der Waals surface area contributed by atoms with Crippen LogP contribution in [0.4, 0.5) is 0 Å². The van der Waals surface area contributed by atoms with Gasteiger partial charge in [-0.1, -0.05) is 18.2 Å². The van der Waals surface area contributed by atoms with Crippen LogP contribution in [-0.4, -0.2) is 21.0 Å². The van der Waals surface area contributed by atoms with Crippen LogP contribution >= 0.6 is 0 Å². The van der Waals surface area contributed by atoms with Gasteiger partial charge in [-0.25, -0.2) is 4.79 Å². The molecule has 0 bridgehead atoms. The van der Waals surface area contributed by atoms with Gasteiger partial charge < -0.3 is 9.15 Å². The van der Waals surface area contributed by atoms with Crippen LogP contribution < -0.4 is 4.74 Å². The minimum Gasteiger partial charge on any atom is -0.457 e. The number of benzene rings is 2. The number of carbonyl (C=O) groups is 1. The van der Waals surface area contributed by atoms with E-state index in [-0.39, 0.29) is 5.76 Å². The summed E-state index contributed by atoms with van der Waals surface area (Å²) in [6.07, 6.45) is 1.43. The van der Waals surface area contributed by atoms with E-state index in [9.17, 15) is 4.79 Å². The quantitative estimate of drug-likeness (QED) is 0.427. The van der Waals surface area contributed by atoms with Crippen LogP contribution in [0.1, 0.15) is 16.1 Å². The first-order valence-electron chi connectivity index (χ1n) is 7.39. The number of rotatable bonds is 3. The van der Waals surface area contributed by atoms with Gasteiger partial charge in [0.25, 0.3) is 0 Å². The molecule has 0 unspecified atom stereocenters. The lowest BCUT2D eigenvalue weighted by molar-refractivity contribution is 0.0701. The fraction of sp³-hybridized carbons (Fsp3) is 0.0556. The van der Waals surface area contributed by atoms with Crippen molar-refractivity contribution in [2.75, 3.05) is 0 Å². The molecule has 118 valence electrons. The molecule has 2 aromatic heterocycles. The van der Waals surface area contributed by atoms with Crippen LogP contribution in [0.25, 0.3) is 16.7 Å². The number of hydrogen-bond acceptors (Lipinski definition) is 5. The fourth-order valence-corrected chi connectivity index (χ4v) is 2.38. The summed E-state index contributed by atoms with van der Waals surface area (Å²) in [7, 11) is 0. The molecule has 0 spiro atoms. The van der Waals surface area contributed by atoms with Gasteiger partial charge in [0.2, 0.25) is 5.76 Å². The molecule has 2 aromatic carbocycles. The van der Waals surface area contributed by atoms with Gasteiger partial charge in [-0.3, -0.25) is 0 Å². The molecular formula is C18H13N3O3. The van der Waals surface area contributed by atoms with Crippen LogP contribution in [-0.2, 0) is 0 Å². The van der Waals surface area contributed by atoms with Crippen LogP contribution in [0, 0.1) is 6.92 Å². The Kier molecular flexibility index (Phi) is 3.35. The number of esters is 1. The summed E-state index contributed by atoms with van der Waals surface area (Å²) in [5.74, 6) is -0.0655. The molecule has 0 saturated carbocycles. The second kappa shape index (κ2) is 5.66. The number of furan rings is 1. The van der Waals surface area contributed by atoms with E-state index in [2.05, 4.69) is 10.2 Å². The topological polar surface area (TPSA) is 70.2 Å². The summed E-state index contributed by atoms with van der Waals surface area (Å²) < 4.78 is 10.5. The molecule has 0 aliphatic heterocycles. The second-order valence-corrected chi connectivity index (χ2v) is 5.32. The molecular weight excluding hydrogens is 306 g/mol. The third-order valence-electron chi connectivity index (χ3n) is 3.54. The zero-order chi connectivity index (χ0) is 16.5. The van der Waals surface area contributed by atoms with E-state index in [4.69, 9.17) is 9.15 Å². The summed E-state index contributed by atoms with van der Waals surface area (Å²) in [6.45, 7) is 1.95. The first-order chi connectivity index (χ1) is 11.7. The summed E-state index contributed by atoms with van der Waals surface area (Å²) in [6, 6.07) is 16.2. The van der Waals surface area contributed by atoms with E-state index in [0.29, 0.717) is 11.4 Å². The molecule has 2 heterocycles. The van der Waals surface area contributed by atoms with Crippen molar-refractivity contribution in [1.82, 2.24) is 15.0 Å². The minimum absolute atomic E-state index is 0.139. The predicted octanol–water partition coefficient (Wildman–Crippen LogP) is 3.54. The molecule has 0 aliphatic carbocycles. The molecule has 0 saturated heterocycles. The van der Waals surface area contributed by atoms with Gasteiger partial charge in [-0.2, -0.15) is 0 Å². The molecule has 0 aliphatic rings. The lowest BCUT2D eigenvalue weighted by atomic mass is 10.2. The van der Waals surface area contributed by atoms with Crippen LogP contribution in [0.2, 0.25) is 0 Å². The largest absolute Gasteiger partial charge is 0.457 e. The molecule has 0 N–H and O–H groups in total. The third-order valence-corrected chi connectivity index (χ3v) is 3.54. The molecule has 24 heavy (non-hydrogen) atoms. The lowest BCUT2D eigenvalue weighted by Gasteiger charge is -2.09. The van der Waals surface area contributed by atoms with E-state index in [1.54, 1.807) is 18.2 Å². The molecule has 6 nitrogen and oxygen atoms in total. The first kappa shape index (κ1) is 14.2. The van der Waals surface area contributed by atoms with Crippen molar-refractivity contribution in [3.63, 3.8) is 0 Å². The highest BCUT2D eigenvalue weighted by atomic mass is 16.5. The van der Waals surface area contributed by atoms with Crippen molar-refractivity contribution in [3.8, 4) is 11.4 Å². The minimum atomic E-state index is -0.568. The van der Waals surface area contributed by atoms with Gasteiger partial charge in [-0.05, 0) is 48.9 Å². The molecule has 4 aromatic rings. The van der Waals surface area contributed by atoms with Crippen LogP contribution in [0.5, 0.6) is 5.75 Å². The van der Waals surface area contributed by atoms with E-state index < -0.39 is 5.97 Å². The van der Waals surface area contributed by atoms with Crippen molar-refractivity contribution in [1.29, 1.82) is 0 Å². The third kappa shape index (κ3) is 2.54. The van der Waals surface area contributed by atoms with E-state index >= 15 is 0 Å². The summed E-state index contributed by atoms with van der Waals surface area (Å²) in [4.78, 5) is 13.6. The maximum atomic E-state index is 12.1. The Morgan fingerprint density at radius 2 is 1.79 bits per heavy atom. The highest BCUT2D eigenvalue weighted by Gasteiger charge is 2.16. The van der Waals surface area contributed by atoms with Gasteiger partial charge in [0.05, 0.1) is 6.26 Å². The summed E-state index contributed by atoms with van der Waals surface area (Å²) in [5, 5.41) is 8.89. The van der Waals surface area contributed by atoms with Gasteiger partial charge in [-0.15, -0.1) is 15.0 Å². The Bertz CT molecular complexity index is 986. The van der Waals surface area contributed by atoms with Crippen LogP contribution in [0.3, 0.4) is 0 Å². The van der Waals surface area contributed by atoms with E-state index in [1.165, 1.54) is 11.1 Å². The number of carbonyl (C=O) groups excluding carboxylic acids is 1. The van der Waals surface area contributed by atoms with Crippen LogP contribution in [0.15, 0.2) is 65.3 Å². The number of hydrogen-bond donors (Lipinski definition) is 0. The second-order valence-electron chi connectivity index (χ2n) is 5.32. The predicted molar refractivity (Wildman–Crippen MR) is 87.3 cm³/mol. The number of ether oxygens (including phenoxy) is 1. The molecule has 6 heteroatoms. The SMILES string of the molecule is Cc1ccc(OC(=O)c2ccco2)c(-n2nc3ccccc3n2)c1. The molecule has 0 fully saturated rings. The Morgan fingerprint density at radius 1 is 1.04 bits per heavy atom. The number of aromatic nitrogens is 3. The maximum Gasteiger partial charge on any atom is 0.379 e. The Labute approximate surface area is 137 Å². The van der Waals surface area contributed by atoms with Crippen molar-refractivity contribution < 1.29 is 13.9 Å². The molecule has 0 atom stereocenters. The standard InChI is InChI=1S/C18H13N3O3/c1-12-8-9-16(24-18(22)17-7-4-10-23-17)15(11-12)21-19-13-5-2-3-6-14(13)20-21/h2-11H,1H3. The monoisotopic (exact) mass is 319 g/mol. The summed E-state index contributed by atoms with van der Waals surface area (Å²) in [5.41, 5.74) is 3.12. The molecule has 4 rings (SSSR count). The Morgan fingerprint density at radius 3 is 2.46 bits per heavy atom. The zero-order valence-electron chi connectivity index (χ0n) is 12.8. The van der Waals surface area contributed by atoms with Crippen molar-refractivity contribution in [3.05, 3.63) is 72.2 Å². The van der Waals surface area contributed by atoms with Crippen molar-refractivity contribution in [2.24, 2.45) is 0 Å². The van der Waals surface area contributed by atoms with E-state index in [1.807, 2.05) is 43.3 Å². The lowest BCUT2D eigenvalue weighted by Crippen LogP contribution is -2.10. The zero-order valence-corrected chi connectivity index (χ0v) is 12.8. The highest BCUT2D eigenvalue weighted by Crippen LogP contribution is 2.25. The normalized spacial score (nSPS) is 10.9. The van der Waals surface area contributed by atoms with Gasteiger partial charge in [0, 0.05) is 0 Å². The number of aryl methyl sites for hydroxylation is 1. The Hall–Kier alpha value is -3.41. The Balaban J connectivity index is 1.77. The average molecular weight is 319 g/mol. The van der Waals surface area contributed by atoms with Crippen molar-refractivity contribution >= 4 is 17.0 Å². The molecule has 0 radical (unpaired) electrons. The highest BCUT2D eigenvalue weighted by molar-refractivity contribution is 5.88. The van der Waals surface area contributed by atoms with Crippen molar-refractivity contribution in [2.45, 2.75) is 6.92 Å². The number of nitrogens with zero attached hydrogens (tertiary/aromatic N) is 3. The fourth-order valence-electron chi connectivity index (χ4n) is 2.38. The van der Waals surface area contributed by atoms with E-state index in [0.717, 1.165) is 16.6 Å². The van der Waals surface area contributed by atoms with Gasteiger partial charge in [0.1, 0.15) is 16.7 Å². The number of fused-ring (bicyclic) bond motifs is 1. The molecule has 0 amide bonds. The summed E-state index contributed by atoms with van der Waals surface area (Å²) >= 11 is 0. The van der Waals surface area contributed by atoms with Gasteiger partial charge >= 0.3 is 5.97 Å².